The monoisotopic (exact) mass is 228 g/mol. The van der Waals surface area contributed by atoms with Crippen LogP contribution in [0.2, 0.25) is 0 Å². The zero-order valence-electron chi connectivity index (χ0n) is 9.03. The van der Waals surface area contributed by atoms with E-state index in [-0.39, 0.29) is 0 Å². The third-order valence-electron chi connectivity index (χ3n) is 1.88. The van der Waals surface area contributed by atoms with Crippen molar-refractivity contribution < 1.29 is 8.95 Å². The molecule has 1 rings (SSSR count). The molecule has 0 aliphatic heterocycles. The largest absolute Gasteiger partial charge is 0.481 e. The van der Waals surface area contributed by atoms with Crippen LogP contribution in [0, 0.1) is 0 Å². The van der Waals surface area contributed by atoms with E-state index in [0.717, 1.165) is 24.4 Å². The summed E-state index contributed by atoms with van der Waals surface area (Å²) in [6.45, 7) is 0.812. The number of nitrogens with one attached hydrogen (secondary N) is 1. The van der Waals surface area contributed by atoms with E-state index in [9.17, 15) is 4.21 Å². The molecule has 0 saturated heterocycles. The molecule has 1 aromatic heterocycles. The number of hydrogen-bond donors (Lipinski definition) is 1. The summed E-state index contributed by atoms with van der Waals surface area (Å²) < 4.78 is 15.8. The van der Waals surface area contributed by atoms with Gasteiger partial charge in [-0.25, -0.2) is 4.98 Å². The minimum absolute atomic E-state index is 0.596. The molecule has 1 aromatic rings. The number of nitrogens with zero attached hydrogens (tertiary/aromatic N) is 1. The van der Waals surface area contributed by atoms with Crippen LogP contribution >= 0.6 is 0 Å². The molecule has 1 heterocycles. The van der Waals surface area contributed by atoms with Crippen LogP contribution in [-0.4, -0.2) is 34.9 Å². The number of methoxy groups -OCH3 is 1. The Bertz CT molecular complexity index is 331. The van der Waals surface area contributed by atoms with Crippen LogP contribution in [0.4, 0.5) is 5.69 Å². The summed E-state index contributed by atoms with van der Waals surface area (Å²) in [6.07, 6.45) is 4.31. The molecule has 0 amide bonds. The van der Waals surface area contributed by atoms with Crippen LogP contribution in [-0.2, 0) is 10.8 Å². The number of aromatic nitrogens is 1. The maximum atomic E-state index is 10.8. The summed E-state index contributed by atoms with van der Waals surface area (Å²) in [7, 11) is 0.883. The fraction of sp³-hybridized carbons (Fsp3) is 0.500. The van der Waals surface area contributed by atoms with E-state index in [1.54, 1.807) is 19.6 Å². The molecular weight excluding hydrogens is 212 g/mol. The molecule has 5 heteroatoms. The third-order valence-corrected chi connectivity index (χ3v) is 2.75. The van der Waals surface area contributed by atoms with E-state index in [4.69, 9.17) is 4.74 Å². The van der Waals surface area contributed by atoms with Gasteiger partial charge in [0.1, 0.15) is 0 Å². The van der Waals surface area contributed by atoms with Gasteiger partial charge >= 0.3 is 0 Å². The first kappa shape index (κ1) is 12.0. The van der Waals surface area contributed by atoms with Crippen LogP contribution in [0.25, 0.3) is 0 Å². The Kier molecular flexibility index (Phi) is 5.10. The minimum atomic E-state index is -0.706. The second-order valence-electron chi connectivity index (χ2n) is 3.14. The molecule has 0 aliphatic rings. The van der Waals surface area contributed by atoms with Crippen molar-refractivity contribution in [2.45, 2.75) is 6.42 Å². The van der Waals surface area contributed by atoms with Gasteiger partial charge in [-0.1, -0.05) is 0 Å². The van der Waals surface area contributed by atoms with Crippen molar-refractivity contribution in [1.29, 1.82) is 0 Å². The predicted molar refractivity (Wildman–Crippen MR) is 62.8 cm³/mol. The average molecular weight is 228 g/mol. The van der Waals surface area contributed by atoms with Crippen LogP contribution in [0.15, 0.2) is 18.3 Å². The summed E-state index contributed by atoms with van der Waals surface area (Å²) in [6, 6.07) is 3.72. The summed E-state index contributed by atoms with van der Waals surface area (Å²) in [5.74, 6) is 1.33. The SMILES string of the molecule is COc1cc(NCCCS(C)=O)ccn1. The van der Waals surface area contributed by atoms with Crippen molar-refractivity contribution in [3.8, 4) is 5.88 Å². The molecule has 84 valence electrons. The van der Waals surface area contributed by atoms with E-state index >= 15 is 0 Å². The van der Waals surface area contributed by atoms with E-state index in [2.05, 4.69) is 10.3 Å². The fourth-order valence-electron chi connectivity index (χ4n) is 1.14. The lowest BCUT2D eigenvalue weighted by atomic mass is 10.4. The number of pyridine rings is 1. The Morgan fingerprint density at radius 2 is 2.40 bits per heavy atom. The zero-order valence-corrected chi connectivity index (χ0v) is 9.84. The number of ether oxygens (including phenoxy) is 1. The highest BCUT2D eigenvalue weighted by atomic mass is 32.2. The van der Waals surface area contributed by atoms with E-state index in [0.29, 0.717) is 5.88 Å². The van der Waals surface area contributed by atoms with Gasteiger partial charge in [-0.3, -0.25) is 4.21 Å². The number of hydrogen-bond acceptors (Lipinski definition) is 4. The predicted octanol–water partition coefficient (Wildman–Crippen LogP) is 1.27. The molecule has 1 N–H and O–H groups in total. The highest BCUT2D eigenvalue weighted by Gasteiger charge is 1.96. The van der Waals surface area contributed by atoms with Crippen molar-refractivity contribution in [3.05, 3.63) is 18.3 Å². The summed E-state index contributed by atoms with van der Waals surface area (Å²) in [4.78, 5) is 4.00. The Hall–Kier alpha value is -1.10. The van der Waals surface area contributed by atoms with Crippen molar-refractivity contribution in [2.24, 2.45) is 0 Å². The van der Waals surface area contributed by atoms with Gasteiger partial charge in [-0.15, -0.1) is 0 Å². The molecule has 1 atom stereocenters. The van der Waals surface area contributed by atoms with E-state index in [1.807, 2.05) is 12.1 Å². The van der Waals surface area contributed by atoms with E-state index < -0.39 is 10.8 Å². The summed E-state index contributed by atoms with van der Waals surface area (Å²) in [5.41, 5.74) is 0.976. The normalized spacial score (nSPS) is 12.1. The second kappa shape index (κ2) is 6.40. The summed E-state index contributed by atoms with van der Waals surface area (Å²) in [5, 5.41) is 3.22. The highest BCUT2D eigenvalue weighted by molar-refractivity contribution is 7.84. The smallest absolute Gasteiger partial charge is 0.214 e. The maximum absolute atomic E-state index is 10.8. The molecule has 0 spiro atoms. The van der Waals surface area contributed by atoms with Crippen molar-refractivity contribution in [2.75, 3.05) is 31.0 Å². The lowest BCUT2D eigenvalue weighted by Gasteiger charge is -2.06. The lowest BCUT2D eigenvalue weighted by Crippen LogP contribution is -2.06. The van der Waals surface area contributed by atoms with Gasteiger partial charge in [0.05, 0.1) is 7.11 Å². The third kappa shape index (κ3) is 4.78. The van der Waals surface area contributed by atoms with Gasteiger partial charge in [-0.05, 0) is 12.5 Å². The molecule has 4 nitrogen and oxygen atoms in total. The highest BCUT2D eigenvalue weighted by Crippen LogP contribution is 2.12. The Labute approximate surface area is 92.5 Å². The number of rotatable bonds is 6. The molecule has 0 bridgehead atoms. The van der Waals surface area contributed by atoms with Gasteiger partial charge < -0.3 is 10.1 Å². The second-order valence-corrected chi connectivity index (χ2v) is 4.70. The standard InChI is InChI=1S/C10H16N2O2S/c1-14-10-8-9(4-6-12-10)11-5-3-7-15(2)13/h4,6,8H,3,5,7H2,1-2H3,(H,11,12). The summed E-state index contributed by atoms with van der Waals surface area (Å²) >= 11 is 0. The molecule has 0 saturated carbocycles. The average Bonchev–Trinajstić information content (AvgIpc) is 2.24. The molecular formula is C10H16N2O2S. The molecule has 0 fully saturated rings. The lowest BCUT2D eigenvalue weighted by molar-refractivity contribution is 0.398. The fourth-order valence-corrected chi connectivity index (χ4v) is 1.69. The minimum Gasteiger partial charge on any atom is -0.481 e. The first-order valence-corrected chi connectivity index (χ1v) is 6.49. The molecule has 1 unspecified atom stereocenters. The van der Waals surface area contributed by atoms with Crippen molar-refractivity contribution in [3.63, 3.8) is 0 Å². The Morgan fingerprint density at radius 3 is 3.07 bits per heavy atom. The Morgan fingerprint density at radius 1 is 1.60 bits per heavy atom. The first-order valence-electron chi connectivity index (χ1n) is 4.76. The van der Waals surface area contributed by atoms with Crippen LogP contribution in [0.1, 0.15) is 6.42 Å². The molecule has 0 aromatic carbocycles. The topological polar surface area (TPSA) is 51.2 Å². The zero-order chi connectivity index (χ0) is 11.1. The van der Waals surface area contributed by atoms with Gasteiger partial charge in [0, 0.05) is 47.3 Å². The van der Waals surface area contributed by atoms with Crippen molar-refractivity contribution >= 4 is 16.5 Å². The van der Waals surface area contributed by atoms with E-state index in [1.165, 1.54) is 0 Å². The maximum Gasteiger partial charge on any atom is 0.214 e. The van der Waals surface area contributed by atoms with Crippen LogP contribution < -0.4 is 10.1 Å². The van der Waals surface area contributed by atoms with Gasteiger partial charge in [0.15, 0.2) is 0 Å². The van der Waals surface area contributed by atoms with Gasteiger partial charge in [0.25, 0.3) is 0 Å². The van der Waals surface area contributed by atoms with Crippen LogP contribution in [0.3, 0.4) is 0 Å². The van der Waals surface area contributed by atoms with Gasteiger partial charge in [-0.2, -0.15) is 0 Å². The molecule has 15 heavy (non-hydrogen) atoms. The number of anilines is 1. The first-order chi connectivity index (χ1) is 7.22. The quantitative estimate of drug-likeness (QED) is 0.745. The Balaban J connectivity index is 2.33. The molecule has 0 radical (unpaired) electrons. The van der Waals surface area contributed by atoms with Crippen molar-refractivity contribution in [1.82, 2.24) is 4.98 Å². The van der Waals surface area contributed by atoms with Gasteiger partial charge in [0.2, 0.25) is 5.88 Å². The van der Waals surface area contributed by atoms with Crippen LogP contribution in [0.5, 0.6) is 5.88 Å². The molecule has 0 aliphatic carbocycles.